The van der Waals surface area contributed by atoms with Crippen LogP contribution in [-0.2, 0) is 17.8 Å². The molecule has 20 heavy (non-hydrogen) atoms. The van der Waals surface area contributed by atoms with Gasteiger partial charge in [0.2, 0.25) is 0 Å². The van der Waals surface area contributed by atoms with Gasteiger partial charge in [-0.3, -0.25) is 0 Å². The summed E-state index contributed by atoms with van der Waals surface area (Å²) in [7, 11) is 0. The van der Waals surface area contributed by atoms with Crippen LogP contribution in [0.5, 0.6) is 0 Å². The summed E-state index contributed by atoms with van der Waals surface area (Å²) in [5, 5.41) is 0.421. The SMILES string of the molecule is CCc1ccc(COC(=O)c2cc(N)cc(Cl)c2)cc1. The Bertz CT molecular complexity index is 588. The van der Waals surface area contributed by atoms with Crippen LogP contribution in [-0.4, -0.2) is 5.97 Å². The summed E-state index contributed by atoms with van der Waals surface area (Å²) >= 11 is 5.86. The molecule has 2 N–H and O–H groups in total. The number of carbonyl (C=O) groups is 1. The van der Waals surface area contributed by atoms with Crippen molar-refractivity contribution < 1.29 is 9.53 Å². The summed E-state index contributed by atoms with van der Waals surface area (Å²) in [6.45, 7) is 2.33. The summed E-state index contributed by atoms with van der Waals surface area (Å²) in [5.74, 6) is -0.432. The van der Waals surface area contributed by atoms with Gasteiger partial charge in [0, 0.05) is 10.7 Å². The third kappa shape index (κ3) is 3.75. The van der Waals surface area contributed by atoms with Gasteiger partial charge < -0.3 is 10.5 Å². The van der Waals surface area contributed by atoms with Crippen molar-refractivity contribution in [2.45, 2.75) is 20.0 Å². The van der Waals surface area contributed by atoms with Gasteiger partial charge in [0.15, 0.2) is 0 Å². The number of aryl methyl sites for hydroxylation is 1. The van der Waals surface area contributed by atoms with Crippen molar-refractivity contribution in [1.29, 1.82) is 0 Å². The highest BCUT2D eigenvalue weighted by Crippen LogP contribution is 2.18. The number of hydrogen-bond donors (Lipinski definition) is 1. The monoisotopic (exact) mass is 289 g/mol. The van der Waals surface area contributed by atoms with Crippen LogP contribution in [0.2, 0.25) is 5.02 Å². The van der Waals surface area contributed by atoms with Crippen molar-refractivity contribution in [1.82, 2.24) is 0 Å². The second kappa shape index (κ2) is 6.44. The first kappa shape index (κ1) is 14.4. The third-order valence-corrected chi connectivity index (χ3v) is 3.18. The van der Waals surface area contributed by atoms with Crippen LogP contribution >= 0.6 is 11.6 Å². The van der Waals surface area contributed by atoms with Crippen molar-refractivity contribution in [3.05, 3.63) is 64.2 Å². The van der Waals surface area contributed by atoms with E-state index in [1.54, 1.807) is 18.2 Å². The molecule has 0 unspecified atom stereocenters. The lowest BCUT2D eigenvalue weighted by Crippen LogP contribution is -2.06. The van der Waals surface area contributed by atoms with Gasteiger partial charge in [0.25, 0.3) is 0 Å². The molecule has 0 saturated carbocycles. The second-order valence-corrected chi connectivity index (χ2v) is 4.96. The fraction of sp³-hybridized carbons (Fsp3) is 0.188. The van der Waals surface area contributed by atoms with Crippen molar-refractivity contribution in [2.75, 3.05) is 5.73 Å². The topological polar surface area (TPSA) is 52.3 Å². The molecule has 0 radical (unpaired) electrons. The van der Waals surface area contributed by atoms with E-state index in [2.05, 4.69) is 6.92 Å². The van der Waals surface area contributed by atoms with Crippen molar-refractivity contribution in [2.24, 2.45) is 0 Å². The lowest BCUT2D eigenvalue weighted by molar-refractivity contribution is 0.0473. The lowest BCUT2D eigenvalue weighted by Gasteiger charge is -2.07. The zero-order valence-corrected chi connectivity index (χ0v) is 12.0. The van der Waals surface area contributed by atoms with E-state index in [9.17, 15) is 4.79 Å². The van der Waals surface area contributed by atoms with Crippen LogP contribution in [0.1, 0.15) is 28.4 Å². The van der Waals surface area contributed by atoms with Crippen molar-refractivity contribution in [3.8, 4) is 0 Å². The average molecular weight is 290 g/mol. The quantitative estimate of drug-likeness (QED) is 0.687. The van der Waals surface area contributed by atoms with E-state index in [0.717, 1.165) is 12.0 Å². The Kier molecular flexibility index (Phi) is 4.64. The zero-order chi connectivity index (χ0) is 14.5. The lowest BCUT2D eigenvalue weighted by atomic mass is 10.1. The molecule has 0 fully saturated rings. The molecule has 0 aliphatic heterocycles. The van der Waals surface area contributed by atoms with E-state index in [-0.39, 0.29) is 6.61 Å². The number of benzene rings is 2. The van der Waals surface area contributed by atoms with E-state index in [1.165, 1.54) is 5.56 Å². The Labute approximate surface area is 123 Å². The number of anilines is 1. The minimum atomic E-state index is -0.432. The summed E-state index contributed by atoms with van der Waals surface area (Å²) in [5.41, 5.74) is 8.65. The van der Waals surface area contributed by atoms with E-state index in [1.807, 2.05) is 24.3 Å². The van der Waals surface area contributed by atoms with E-state index in [4.69, 9.17) is 22.1 Å². The first-order chi connectivity index (χ1) is 9.58. The molecule has 0 aromatic heterocycles. The summed E-state index contributed by atoms with van der Waals surface area (Å²) in [4.78, 5) is 11.9. The Morgan fingerprint density at radius 3 is 2.40 bits per heavy atom. The number of nitrogens with two attached hydrogens (primary N) is 1. The molecule has 4 heteroatoms. The number of nitrogen functional groups attached to an aromatic ring is 1. The minimum absolute atomic E-state index is 0.231. The molecule has 0 aliphatic carbocycles. The first-order valence-electron chi connectivity index (χ1n) is 6.39. The number of ether oxygens (including phenoxy) is 1. The standard InChI is InChI=1S/C16H16ClNO2/c1-2-11-3-5-12(6-4-11)10-20-16(19)13-7-14(17)9-15(18)8-13/h3-9H,2,10,18H2,1H3. The van der Waals surface area contributed by atoms with Crippen LogP contribution in [0.15, 0.2) is 42.5 Å². The Morgan fingerprint density at radius 2 is 1.80 bits per heavy atom. The fourth-order valence-electron chi connectivity index (χ4n) is 1.83. The molecule has 0 spiro atoms. The highest BCUT2D eigenvalue weighted by atomic mass is 35.5. The number of carbonyl (C=O) groups excluding carboxylic acids is 1. The molecule has 0 amide bonds. The molecule has 2 aromatic rings. The molecular weight excluding hydrogens is 274 g/mol. The zero-order valence-electron chi connectivity index (χ0n) is 11.2. The van der Waals surface area contributed by atoms with Gasteiger partial charge in [-0.2, -0.15) is 0 Å². The number of rotatable bonds is 4. The summed E-state index contributed by atoms with van der Waals surface area (Å²) < 4.78 is 5.24. The van der Waals surface area contributed by atoms with Crippen molar-refractivity contribution >= 4 is 23.3 Å². The highest BCUT2D eigenvalue weighted by Gasteiger charge is 2.09. The third-order valence-electron chi connectivity index (χ3n) is 2.96. The minimum Gasteiger partial charge on any atom is -0.457 e. The van der Waals surface area contributed by atoms with Gasteiger partial charge in [0.05, 0.1) is 5.56 Å². The van der Waals surface area contributed by atoms with Crippen molar-refractivity contribution in [3.63, 3.8) is 0 Å². The van der Waals surface area contributed by atoms with Gasteiger partial charge in [-0.15, -0.1) is 0 Å². The maximum absolute atomic E-state index is 11.9. The molecular formula is C16H16ClNO2. The normalized spacial score (nSPS) is 10.3. The Morgan fingerprint density at radius 1 is 1.15 bits per heavy atom. The average Bonchev–Trinajstić information content (AvgIpc) is 2.44. The predicted octanol–water partition coefficient (Wildman–Crippen LogP) is 3.84. The Hall–Kier alpha value is -2.00. The van der Waals surface area contributed by atoms with Gasteiger partial charge in [0.1, 0.15) is 6.61 Å². The maximum atomic E-state index is 11.9. The van der Waals surface area contributed by atoms with Gasteiger partial charge in [-0.05, 0) is 35.7 Å². The van der Waals surface area contributed by atoms with Crippen LogP contribution in [0, 0.1) is 0 Å². The highest BCUT2D eigenvalue weighted by molar-refractivity contribution is 6.31. The molecule has 0 bridgehead atoms. The fourth-order valence-corrected chi connectivity index (χ4v) is 2.08. The molecule has 104 valence electrons. The largest absolute Gasteiger partial charge is 0.457 e. The molecule has 2 rings (SSSR count). The van der Waals surface area contributed by atoms with Crippen LogP contribution < -0.4 is 5.73 Å². The molecule has 2 aromatic carbocycles. The molecule has 3 nitrogen and oxygen atoms in total. The molecule has 0 saturated heterocycles. The Balaban J connectivity index is 2.00. The number of esters is 1. The molecule has 0 aliphatic rings. The number of hydrogen-bond acceptors (Lipinski definition) is 3. The second-order valence-electron chi connectivity index (χ2n) is 4.52. The van der Waals surface area contributed by atoms with E-state index in [0.29, 0.717) is 16.3 Å². The first-order valence-corrected chi connectivity index (χ1v) is 6.77. The molecule has 0 heterocycles. The smallest absolute Gasteiger partial charge is 0.338 e. The predicted molar refractivity (Wildman–Crippen MR) is 80.8 cm³/mol. The van der Waals surface area contributed by atoms with E-state index >= 15 is 0 Å². The number of halogens is 1. The van der Waals surface area contributed by atoms with Crippen LogP contribution in [0.3, 0.4) is 0 Å². The van der Waals surface area contributed by atoms with Crippen LogP contribution in [0.25, 0.3) is 0 Å². The van der Waals surface area contributed by atoms with Gasteiger partial charge >= 0.3 is 5.97 Å². The molecule has 0 atom stereocenters. The maximum Gasteiger partial charge on any atom is 0.338 e. The van der Waals surface area contributed by atoms with E-state index < -0.39 is 5.97 Å². The summed E-state index contributed by atoms with van der Waals surface area (Å²) in [6.07, 6.45) is 0.988. The summed E-state index contributed by atoms with van der Waals surface area (Å²) in [6, 6.07) is 12.6. The van der Waals surface area contributed by atoms with Gasteiger partial charge in [-0.25, -0.2) is 4.79 Å². The van der Waals surface area contributed by atoms with Gasteiger partial charge in [-0.1, -0.05) is 42.8 Å². The van der Waals surface area contributed by atoms with Crippen LogP contribution in [0.4, 0.5) is 5.69 Å².